The molecule has 6 rings (SSSR count). The number of azide groups is 1. The van der Waals surface area contributed by atoms with Crippen molar-refractivity contribution in [1.29, 1.82) is 0 Å². The molecule has 0 aliphatic carbocycles. The fraction of sp³-hybridized carbons (Fsp3) is 0.561. The van der Waals surface area contributed by atoms with Crippen molar-refractivity contribution in [2.24, 2.45) is 56.9 Å². The number of H-pyrrole nitrogens is 2. The average Bonchev–Trinajstić information content (AvgIpc) is 1.75. The first-order valence-corrected chi connectivity index (χ1v) is 32.1. The number of aromatic amines is 2. The van der Waals surface area contributed by atoms with Crippen molar-refractivity contribution >= 4 is 81.2 Å². The van der Waals surface area contributed by atoms with Gasteiger partial charge in [0.05, 0.1) is 55.0 Å². The molecule has 2 saturated heterocycles. The molecule has 0 radical (unpaired) electrons. The molecule has 2 aromatic heterocycles. The number of aromatic nitrogens is 3. The maximum absolute atomic E-state index is 14.9. The highest BCUT2D eigenvalue weighted by atomic mass is 16.3. The normalized spacial score (nSPS) is 16.7. The number of guanidine groups is 1. The van der Waals surface area contributed by atoms with Gasteiger partial charge in [-0.1, -0.05) is 69.5 Å². The highest BCUT2D eigenvalue weighted by molar-refractivity contribution is 5.99. The van der Waals surface area contributed by atoms with Crippen LogP contribution in [0, 0.1) is 29.6 Å². The van der Waals surface area contributed by atoms with E-state index in [2.05, 4.69) is 51.2 Å². The van der Waals surface area contributed by atoms with Crippen LogP contribution in [-0.4, -0.2) is 157 Å². The van der Waals surface area contributed by atoms with Crippen molar-refractivity contribution in [3.63, 3.8) is 0 Å². The van der Waals surface area contributed by atoms with E-state index in [9.17, 15) is 63.0 Å². The lowest BCUT2D eigenvalue weighted by atomic mass is 9.88. The number of hydrogen-bond acceptors (Lipinski definition) is 16. The van der Waals surface area contributed by atoms with E-state index in [0.717, 1.165) is 17.3 Å². The summed E-state index contributed by atoms with van der Waals surface area (Å²) in [6.07, 6.45) is 4.92. The molecule has 0 spiro atoms. The van der Waals surface area contributed by atoms with Crippen LogP contribution < -0.4 is 38.5 Å². The summed E-state index contributed by atoms with van der Waals surface area (Å²) in [5.41, 5.74) is 27.9. The number of para-hydroxylation sites is 1. The van der Waals surface area contributed by atoms with E-state index in [-0.39, 0.29) is 145 Å². The van der Waals surface area contributed by atoms with Crippen LogP contribution in [0.3, 0.4) is 0 Å². The molecule has 2 aromatic carbocycles. The zero-order valence-electron chi connectivity index (χ0n) is 54.9. The van der Waals surface area contributed by atoms with Gasteiger partial charge >= 0.3 is 0 Å². The number of nitrogens with one attached hydrogen (secondary N) is 6. The molecule has 510 valence electrons. The summed E-state index contributed by atoms with van der Waals surface area (Å²) in [7, 11) is 0. The third-order valence-corrected chi connectivity index (χ3v) is 16.6. The Balaban J connectivity index is 0.00000397. The number of phenolic OH excluding ortho intramolecular Hbond substituents is 1. The minimum atomic E-state index is -1.51. The van der Waals surface area contributed by atoms with E-state index in [1.807, 2.05) is 39.0 Å². The van der Waals surface area contributed by atoms with Crippen LogP contribution in [-0.2, 0) is 72.0 Å². The average molecular weight is 1310 g/mol. The lowest BCUT2D eigenvalue weighted by Crippen LogP contribution is -2.50. The van der Waals surface area contributed by atoms with Gasteiger partial charge < -0.3 is 63.5 Å². The number of nitrogens with zero attached hydrogens (tertiary/aromatic N) is 6. The topological polar surface area (TPSA) is 463 Å². The first kappa shape index (κ1) is 73.7. The number of imidazole rings is 1. The number of aliphatic hydroxyl groups is 1. The van der Waals surface area contributed by atoms with Gasteiger partial charge in [0.25, 0.3) is 0 Å². The Bertz CT molecular complexity index is 3330. The molecule has 14 N–H and O–H groups in total. The fourth-order valence-corrected chi connectivity index (χ4v) is 11.7. The monoisotopic (exact) mass is 1300 g/mol. The number of amides is 6. The number of likely N-dealkylation sites (tertiary alicyclic amines) is 1. The molecule has 4 heterocycles. The highest BCUT2D eigenvalue weighted by Crippen LogP contribution is 2.28. The van der Waals surface area contributed by atoms with Gasteiger partial charge in [0.15, 0.2) is 34.9 Å². The van der Waals surface area contributed by atoms with Crippen LogP contribution in [0.2, 0.25) is 0 Å². The summed E-state index contributed by atoms with van der Waals surface area (Å²) in [5, 5.41) is 36.4. The number of phenols is 1. The molecular weight excluding hydrogens is 1210 g/mol. The molecule has 4 aromatic rings. The predicted molar refractivity (Wildman–Crippen MR) is 349 cm³/mol. The number of aliphatic imine (C=N–C) groups is 1. The molecule has 94 heavy (non-hydrogen) atoms. The van der Waals surface area contributed by atoms with E-state index in [0.29, 0.717) is 36.6 Å². The number of Topliss-reactive ketones (excluding diaryl/α,β-unsaturated/α-hetero) is 5. The van der Waals surface area contributed by atoms with Crippen LogP contribution in [0.1, 0.15) is 149 Å². The van der Waals surface area contributed by atoms with E-state index >= 15 is 0 Å². The quantitative estimate of drug-likeness (QED) is 0.00746. The summed E-state index contributed by atoms with van der Waals surface area (Å²) in [6.45, 7) is 5.60. The number of nitrogens with two attached hydrogens (primary N) is 3. The van der Waals surface area contributed by atoms with Crippen LogP contribution in [0.5, 0.6) is 5.75 Å². The Labute approximate surface area is 548 Å². The highest BCUT2D eigenvalue weighted by Gasteiger charge is 2.40. The lowest BCUT2D eigenvalue weighted by molar-refractivity contribution is -0.143. The zero-order chi connectivity index (χ0) is 69.6. The summed E-state index contributed by atoms with van der Waals surface area (Å²) in [5.74, 6) is -11.6. The van der Waals surface area contributed by atoms with E-state index in [1.54, 1.807) is 12.3 Å². The van der Waals surface area contributed by atoms with Crippen molar-refractivity contribution in [2.45, 2.75) is 180 Å². The van der Waals surface area contributed by atoms with Gasteiger partial charge in [-0.15, -0.1) is 0 Å². The number of benzene rings is 2. The number of carbonyl (C=O) groups is 11. The molecule has 2 fully saturated rings. The molecule has 6 amide bonds. The van der Waals surface area contributed by atoms with E-state index in [4.69, 9.17) is 24.1 Å². The second-order valence-electron chi connectivity index (χ2n) is 24.5. The maximum atomic E-state index is 14.9. The molecule has 2 aliphatic rings. The first-order valence-electron chi connectivity index (χ1n) is 32.8. The van der Waals surface area contributed by atoms with Crippen molar-refractivity contribution in [3.8, 4) is 5.75 Å². The Kier molecular flexibility index (Phi) is 30.3. The maximum Gasteiger partial charge on any atom is 0.226 e. The lowest BCUT2D eigenvalue weighted by Gasteiger charge is -2.29. The Morgan fingerprint density at radius 1 is 0.777 bits per heavy atom. The molecule has 9 atom stereocenters. The summed E-state index contributed by atoms with van der Waals surface area (Å²) >= 11 is 0. The number of primary amides is 1. The van der Waals surface area contributed by atoms with Gasteiger partial charge in [-0.2, -0.15) is 0 Å². The van der Waals surface area contributed by atoms with Gasteiger partial charge in [0.1, 0.15) is 5.75 Å². The standard InChI is InChI=1S/C63H85N15O13.C3H8/c1-36(2)24-48(55(84)29-39(9-5-21-69-63(65)66)62(91)78-23-7-12-51(78)52(81)18-19-57(64)86)74-59(88)38(8-6-22-72-77-67)28-54(83)49(25-37-13-15-44(80)16-14-37)75-61(90)42(34-79)31-56(85)50(27-41-32-70-46-11-4-3-10-45(41)46)76-60(89)40(26-43-33-68-35-71-43)30-53(82)47-17-20-58(87)73-47;1-3-2/h3-4,10-11,13-16,32-33,35-36,38-40,42,47-51,70,79-80H,5-9,12,17-31,34H2,1-2H3,(H2,64,86)(H,68,71)(H,73,87)(H,74,88)(H,75,90)(H,76,89)(H4,65,66,69);3H2,1-2H3/t38-,39-,40-,42+,47+,48+,49+,50+,51+;/m1./s1/i;1D. The number of rotatable bonds is 40. The third-order valence-electron chi connectivity index (χ3n) is 16.6. The second kappa shape index (κ2) is 38.7. The fourth-order valence-electron chi connectivity index (χ4n) is 11.7. The molecule has 28 heteroatoms. The molecular formula is C66H93N15O13. The Hall–Kier alpha value is -9.30. The molecule has 0 saturated carbocycles. The molecule has 2 aliphatic heterocycles. The van der Waals surface area contributed by atoms with Gasteiger partial charge in [0.2, 0.25) is 35.4 Å². The smallest absolute Gasteiger partial charge is 0.226 e. The second-order valence-corrected chi connectivity index (χ2v) is 24.5. The number of carbonyl (C=O) groups excluding carboxylic acids is 11. The summed E-state index contributed by atoms with van der Waals surface area (Å²) in [6, 6.07) is 7.45. The van der Waals surface area contributed by atoms with E-state index < -0.39 is 120 Å². The first-order chi connectivity index (χ1) is 45.4. The van der Waals surface area contributed by atoms with Crippen molar-refractivity contribution in [2.75, 3.05) is 26.2 Å². The van der Waals surface area contributed by atoms with Crippen LogP contribution in [0.25, 0.3) is 21.3 Å². The van der Waals surface area contributed by atoms with Gasteiger partial charge in [-0.25, -0.2) is 4.98 Å². The van der Waals surface area contributed by atoms with Crippen molar-refractivity contribution in [1.82, 2.24) is 41.1 Å². The number of fused-ring (bicyclic) bond motifs is 1. The Morgan fingerprint density at radius 3 is 2.03 bits per heavy atom. The van der Waals surface area contributed by atoms with Gasteiger partial charge in [-0.3, -0.25) is 57.7 Å². The van der Waals surface area contributed by atoms with Crippen molar-refractivity contribution in [3.05, 3.63) is 94.5 Å². The summed E-state index contributed by atoms with van der Waals surface area (Å²) in [4.78, 5) is 171. The minimum Gasteiger partial charge on any atom is -0.508 e. The van der Waals surface area contributed by atoms with Crippen LogP contribution in [0.4, 0.5) is 0 Å². The predicted octanol–water partition coefficient (Wildman–Crippen LogP) is 4.08. The van der Waals surface area contributed by atoms with Crippen molar-refractivity contribution < 1.29 is 64.3 Å². The molecule has 0 unspecified atom stereocenters. The number of aliphatic hydroxyl groups excluding tert-OH is 1. The van der Waals surface area contributed by atoms with Crippen LogP contribution >= 0.6 is 0 Å². The third kappa shape index (κ3) is 24.3. The number of hydrogen-bond donors (Lipinski definition) is 11. The van der Waals surface area contributed by atoms with E-state index in [1.165, 1.54) is 41.7 Å². The molecule has 28 nitrogen and oxygen atoms in total. The SMILES string of the molecule is CC(C)C[C@H](NC(=O)[C@H](CCCN=[N+]=[N-])CC(=O)[C@H](Cc1ccc(O)cc1)NC(=O)[C@H](CO)CC(=O)[C@H](Cc1c[nH]c2ccccc12)NC(=O)[C@@H](CC(=O)[C@@H]1CCC(=O)N1)Cc1cnc[nH]1)C(=O)C[C@@H](CCCN=C(N)N)C(=O)N1CCC[C@H]1C(=O)CCC(N)=O.[2H]CCC. The molecule has 0 bridgehead atoms. The van der Waals surface area contributed by atoms with Crippen LogP contribution in [0.15, 0.2) is 77.4 Å². The number of ketones is 5. The summed E-state index contributed by atoms with van der Waals surface area (Å²) < 4.78 is 6.45. The zero-order valence-corrected chi connectivity index (χ0v) is 53.9. The van der Waals surface area contributed by atoms with Gasteiger partial charge in [0, 0.05) is 125 Å². The van der Waals surface area contributed by atoms with Gasteiger partial charge in [-0.05, 0) is 98.6 Å². The number of aromatic hydroxyl groups is 1. The Morgan fingerprint density at radius 2 is 1.40 bits per heavy atom. The largest absolute Gasteiger partial charge is 0.508 e. The minimum absolute atomic E-state index is 0.0111.